The number of nitrogens with one attached hydrogen (secondary N) is 3. The molecule has 1 fully saturated rings. The number of nitrogens with two attached hydrogens (primary N) is 3. The molecule has 10 N–H and O–H groups in total. The van der Waals surface area contributed by atoms with Gasteiger partial charge in [0.2, 0.25) is 23.6 Å². The highest BCUT2D eigenvalue weighted by Crippen LogP contribution is 2.20. The van der Waals surface area contributed by atoms with Crippen molar-refractivity contribution in [2.45, 2.75) is 94.9 Å². The lowest BCUT2D eigenvalue weighted by Crippen LogP contribution is -2.60. The second-order valence-corrected chi connectivity index (χ2v) is 13.4. The van der Waals surface area contributed by atoms with Crippen LogP contribution in [0.1, 0.15) is 63.5 Å². The highest BCUT2D eigenvalue weighted by atomic mass is 16.3. The first kappa shape index (κ1) is 38.6. The van der Waals surface area contributed by atoms with Crippen LogP contribution < -0.4 is 33.2 Å². The molecule has 0 saturated carbocycles. The lowest BCUT2D eigenvalue weighted by molar-refractivity contribution is -0.139. The number of piperidine rings is 1. The molecule has 0 bridgehead atoms. The van der Waals surface area contributed by atoms with Crippen molar-refractivity contribution >= 4 is 23.6 Å². The van der Waals surface area contributed by atoms with Crippen LogP contribution in [0.2, 0.25) is 0 Å². The van der Waals surface area contributed by atoms with Gasteiger partial charge in [-0.25, -0.2) is 0 Å². The molecular formula is C36H55N7O5. The molecule has 0 aromatic heterocycles. The molecule has 4 atom stereocenters. The Morgan fingerprint density at radius 2 is 1.31 bits per heavy atom. The summed E-state index contributed by atoms with van der Waals surface area (Å²) in [6.45, 7) is 4.93. The second kappa shape index (κ2) is 19.2. The van der Waals surface area contributed by atoms with E-state index < -0.39 is 47.4 Å². The smallest absolute Gasteiger partial charge is 0.245 e. The van der Waals surface area contributed by atoms with Crippen molar-refractivity contribution in [3.05, 3.63) is 71.8 Å². The van der Waals surface area contributed by atoms with Crippen LogP contribution in [0.4, 0.5) is 0 Å². The first-order chi connectivity index (χ1) is 22.9. The van der Waals surface area contributed by atoms with E-state index in [1.54, 1.807) is 4.90 Å². The SMILES string of the molecule is CC(C)C[C@@H](NC(=O)[C@@H](Cc1ccccc1)NC(=O)[C@H](N)Cc1ccccc1)C(=O)N[C@H](CCCCN)C(=O)N1CCC(N)(CO)CC1. The van der Waals surface area contributed by atoms with E-state index in [9.17, 15) is 24.3 Å². The van der Waals surface area contributed by atoms with Gasteiger partial charge in [0.15, 0.2) is 0 Å². The number of rotatable bonds is 18. The normalized spacial score (nSPS) is 16.8. The molecule has 2 aromatic rings. The predicted molar refractivity (Wildman–Crippen MR) is 186 cm³/mol. The summed E-state index contributed by atoms with van der Waals surface area (Å²) in [4.78, 5) is 56.3. The van der Waals surface area contributed by atoms with Gasteiger partial charge in [0, 0.05) is 25.0 Å². The highest BCUT2D eigenvalue weighted by molar-refractivity contribution is 5.95. The first-order valence-electron chi connectivity index (χ1n) is 17.1. The fourth-order valence-corrected chi connectivity index (χ4v) is 5.85. The Labute approximate surface area is 284 Å². The summed E-state index contributed by atoms with van der Waals surface area (Å²) in [6, 6.07) is 15.0. The zero-order valence-electron chi connectivity index (χ0n) is 28.4. The molecule has 1 heterocycles. The Morgan fingerprint density at radius 1 is 0.792 bits per heavy atom. The van der Waals surface area contributed by atoms with Gasteiger partial charge in [-0.05, 0) is 68.5 Å². The first-order valence-corrected chi connectivity index (χ1v) is 17.1. The summed E-state index contributed by atoms with van der Waals surface area (Å²) in [5.41, 5.74) is 19.2. The average molecular weight is 666 g/mol. The van der Waals surface area contributed by atoms with Crippen molar-refractivity contribution < 1.29 is 24.3 Å². The summed E-state index contributed by atoms with van der Waals surface area (Å²) in [6.07, 6.45) is 3.43. The Hall–Kier alpha value is -3.84. The number of amides is 4. The zero-order valence-corrected chi connectivity index (χ0v) is 28.4. The Morgan fingerprint density at radius 3 is 1.85 bits per heavy atom. The van der Waals surface area contributed by atoms with Crippen molar-refractivity contribution in [1.82, 2.24) is 20.9 Å². The van der Waals surface area contributed by atoms with Gasteiger partial charge in [0.25, 0.3) is 0 Å². The van der Waals surface area contributed by atoms with E-state index in [-0.39, 0.29) is 24.9 Å². The van der Waals surface area contributed by atoms with E-state index in [0.29, 0.717) is 64.6 Å². The maximum atomic E-state index is 13.9. The summed E-state index contributed by atoms with van der Waals surface area (Å²) in [7, 11) is 0. The van der Waals surface area contributed by atoms with Crippen LogP contribution in [0.5, 0.6) is 0 Å². The average Bonchev–Trinajstić information content (AvgIpc) is 3.08. The summed E-state index contributed by atoms with van der Waals surface area (Å²) < 4.78 is 0. The molecule has 0 spiro atoms. The van der Waals surface area contributed by atoms with Crippen molar-refractivity contribution in [3.8, 4) is 0 Å². The number of hydrogen-bond donors (Lipinski definition) is 7. The number of unbranched alkanes of at least 4 members (excludes halogenated alkanes) is 1. The number of aliphatic hydroxyl groups excluding tert-OH is 1. The fourth-order valence-electron chi connectivity index (χ4n) is 5.85. The molecule has 264 valence electrons. The second-order valence-electron chi connectivity index (χ2n) is 13.4. The highest BCUT2D eigenvalue weighted by Gasteiger charge is 2.36. The van der Waals surface area contributed by atoms with Gasteiger partial charge >= 0.3 is 0 Å². The molecular weight excluding hydrogens is 610 g/mol. The Balaban J connectivity index is 1.76. The van der Waals surface area contributed by atoms with Gasteiger partial charge in [-0.3, -0.25) is 19.2 Å². The predicted octanol–water partition coefficient (Wildman–Crippen LogP) is 0.741. The number of benzene rings is 2. The fraction of sp³-hybridized carbons (Fsp3) is 0.556. The largest absolute Gasteiger partial charge is 0.394 e. The molecule has 48 heavy (non-hydrogen) atoms. The minimum absolute atomic E-state index is 0.0344. The number of aliphatic hydroxyl groups is 1. The van der Waals surface area contributed by atoms with Crippen LogP contribution in [-0.4, -0.2) is 89.6 Å². The quantitative estimate of drug-likeness (QED) is 0.113. The van der Waals surface area contributed by atoms with Crippen LogP contribution in [0, 0.1) is 5.92 Å². The van der Waals surface area contributed by atoms with E-state index in [1.807, 2.05) is 74.5 Å². The van der Waals surface area contributed by atoms with Gasteiger partial charge in [0.05, 0.1) is 12.6 Å². The molecule has 0 aliphatic carbocycles. The van der Waals surface area contributed by atoms with Crippen LogP contribution in [0.25, 0.3) is 0 Å². The van der Waals surface area contributed by atoms with Gasteiger partial charge in [-0.15, -0.1) is 0 Å². The minimum atomic E-state index is -0.998. The molecule has 4 amide bonds. The maximum Gasteiger partial charge on any atom is 0.245 e. The van der Waals surface area contributed by atoms with Gasteiger partial charge in [-0.2, -0.15) is 0 Å². The Bertz CT molecular complexity index is 1300. The number of hydrogen-bond acceptors (Lipinski definition) is 8. The van der Waals surface area contributed by atoms with Crippen molar-refractivity contribution in [2.75, 3.05) is 26.2 Å². The van der Waals surface area contributed by atoms with Gasteiger partial charge in [-0.1, -0.05) is 74.5 Å². The molecule has 0 radical (unpaired) electrons. The number of nitrogens with zero attached hydrogens (tertiary/aromatic N) is 1. The molecule has 12 heteroatoms. The molecule has 1 saturated heterocycles. The molecule has 2 aromatic carbocycles. The Kier molecular flexibility index (Phi) is 15.5. The lowest BCUT2D eigenvalue weighted by atomic mass is 9.89. The minimum Gasteiger partial charge on any atom is -0.394 e. The maximum absolute atomic E-state index is 13.9. The van der Waals surface area contributed by atoms with Crippen molar-refractivity contribution in [3.63, 3.8) is 0 Å². The molecule has 12 nitrogen and oxygen atoms in total. The standard InChI is InChI=1S/C36H55N7O5/c1-25(2)21-30(33(46)40-29(15-9-10-18-37)35(48)43-19-16-36(39,24-44)17-20-43)42-34(47)31(23-27-13-7-4-8-14-27)41-32(45)28(38)22-26-11-5-3-6-12-26/h3-8,11-14,25,28-31,44H,9-10,15-24,37-39H2,1-2H3,(H,40,46)(H,41,45)(H,42,47)/t28-,29-,30-,31-/m1/s1. The number of carbonyl (C=O) groups excluding carboxylic acids is 4. The molecule has 0 unspecified atom stereocenters. The van der Waals surface area contributed by atoms with Crippen LogP contribution in [0.15, 0.2) is 60.7 Å². The third kappa shape index (κ3) is 12.3. The topological polar surface area (TPSA) is 206 Å². The summed E-state index contributed by atoms with van der Waals surface area (Å²) >= 11 is 0. The summed E-state index contributed by atoms with van der Waals surface area (Å²) in [5.74, 6) is -1.67. The van der Waals surface area contributed by atoms with E-state index in [2.05, 4.69) is 16.0 Å². The van der Waals surface area contributed by atoms with E-state index >= 15 is 0 Å². The van der Waals surface area contributed by atoms with Gasteiger partial charge < -0.3 is 43.2 Å². The van der Waals surface area contributed by atoms with Crippen LogP contribution in [0.3, 0.4) is 0 Å². The molecule has 1 aliphatic rings. The third-order valence-corrected chi connectivity index (χ3v) is 8.84. The van der Waals surface area contributed by atoms with Crippen LogP contribution in [-0.2, 0) is 32.0 Å². The van der Waals surface area contributed by atoms with E-state index in [4.69, 9.17) is 17.2 Å². The zero-order chi connectivity index (χ0) is 35.1. The third-order valence-electron chi connectivity index (χ3n) is 8.84. The van der Waals surface area contributed by atoms with Crippen LogP contribution >= 0.6 is 0 Å². The molecule has 3 rings (SSSR count). The van der Waals surface area contributed by atoms with Crippen molar-refractivity contribution in [1.29, 1.82) is 0 Å². The van der Waals surface area contributed by atoms with E-state index in [0.717, 1.165) is 11.1 Å². The number of likely N-dealkylation sites (tertiary alicyclic amines) is 1. The van der Waals surface area contributed by atoms with E-state index in [1.165, 1.54) is 0 Å². The lowest BCUT2D eigenvalue weighted by Gasteiger charge is -2.39. The molecule has 1 aliphatic heterocycles. The number of carbonyl (C=O) groups is 4. The summed E-state index contributed by atoms with van der Waals surface area (Å²) in [5, 5.41) is 18.3. The van der Waals surface area contributed by atoms with Gasteiger partial charge in [0.1, 0.15) is 18.1 Å². The monoisotopic (exact) mass is 665 g/mol. The van der Waals surface area contributed by atoms with Crippen molar-refractivity contribution in [2.24, 2.45) is 23.1 Å².